The van der Waals surface area contributed by atoms with Crippen molar-refractivity contribution in [3.63, 3.8) is 0 Å². The first kappa shape index (κ1) is 28.7. The van der Waals surface area contributed by atoms with Crippen molar-refractivity contribution in [3.8, 4) is 5.75 Å². The van der Waals surface area contributed by atoms with Crippen molar-refractivity contribution < 1.29 is 22.7 Å². The van der Waals surface area contributed by atoms with Gasteiger partial charge in [-0.05, 0) is 42.3 Å². The summed E-state index contributed by atoms with van der Waals surface area (Å²) in [6, 6.07) is 21.5. The molecule has 0 aliphatic heterocycles. The van der Waals surface area contributed by atoms with E-state index in [2.05, 4.69) is 15.6 Å². The highest BCUT2D eigenvalue weighted by Crippen LogP contribution is 2.26. The van der Waals surface area contributed by atoms with Crippen molar-refractivity contribution in [1.29, 1.82) is 0 Å². The van der Waals surface area contributed by atoms with Crippen molar-refractivity contribution in [1.82, 2.24) is 23.9 Å². The number of fused-ring (bicyclic) bond motifs is 2. The number of nitrogens with zero attached hydrogens (tertiary/aromatic N) is 2. The Morgan fingerprint density at radius 3 is 2.43 bits per heavy atom. The van der Waals surface area contributed by atoms with Crippen LogP contribution < -0.4 is 15.4 Å². The van der Waals surface area contributed by atoms with Gasteiger partial charge in [0.25, 0.3) is 11.8 Å². The summed E-state index contributed by atoms with van der Waals surface area (Å²) in [5.74, 6) is -0.719. The Bertz CT molecular complexity index is 1920. The van der Waals surface area contributed by atoms with Gasteiger partial charge in [-0.15, -0.1) is 0 Å². The molecule has 2 amide bonds. The van der Waals surface area contributed by atoms with Gasteiger partial charge in [0.2, 0.25) is 0 Å². The van der Waals surface area contributed by atoms with Crippen LogP contribution in [0.4, 0.5) is 0 Å². The number of aromatic amines is 1. The number of carbonyl (C=O) groups excluding carboxylic acids is 2. The van der Waals surface area contributed by atoms with E-state index in [1.54, 1.807) is 48.5 Å². The molecule has 5 aromatic rings. The van der Waals surface area contributed by atoms with E-state index < -0.39 is 22.0 Å². The molecule has 2 aromatic heterocycles. The van der Waals surface area contributed by atoms with Crippen LogP contribution in [0, 0.1) is 0 Å². The fraction of sp³-hybridized carbons (Fsp3) is 0.161. The van der Waals surface area contributed by atoms with Gasteiger partial charge in [0.1, 0.15) is 11.4 Å². The van der Waals surface area contributed by atoms with Gasteiger partial charge in [-0.2, -0.15) is 12.7 Å². The third-order valence-corrected chi connectivity index (χ3v) is 8.64. The molecule has 0 spiro atoms. The number of methoxy groups -OCH3 is 1. The van der Waals surface area contributed by atoms with Crippen LogP contribution in [0.1, 0.15) is 21.5 Å². The molecule has 5 rings (SSSR count). The molecule has 216 valence electrons. The maximum absolute atomic E-state index is 13.5. The number of hydrogen-bond acceptors (Lipinski definition) is 5. The lowest BCUT2D eigenvalue weighted by molar-refractivity contribution is -0.117. The second-order valence-electron chi connectivity index (χ2n) is 9.77. The monoisotopic (exact) mass is 585 g/mol. The van der Waals surface area contributed by atoms with Crippen molar-refractivity contribution in [2.45, 2.75) is 6.42 Å². The number of nitrogens with one attached hydrogen (secondary N) is 3. The van der Waals surface area contributed by atoms with Crippen molar-refractivity contribution >= 4 is 49.9 Å². The van der Waals surface area contributed by atoms with Gasteiger partial charge in [0, 0.05) is 54.9 Å². The standard InChI is InChI=1S/C31H31N5O5S/c1-35(2)42(39,40)36-20-22(24-11-5-8-14-28(24)36)18-27(34-30(37)25-12-6-9-15-29(25)41-3)31(38)32-17-16-21-19-33-26-13-7-4-10-23(21)26/h4-15,18-20,33H,16-17H2,1-3H3,(H,32,38)(H,34,37). The first-order chi connectivity index (χ1) is 20.2. The Morgan fingerprint density at radius 1 is 0.976 bits per heavy atom. The Hall–Kier alpha value is -4.87. The average molecular weight is 586 g/mol. The number of hydrogen-bond donors (Lipinski definition) is 3. The van der Waals surface area contributed by atoms with Crippen molar-refractivity contribution in [3.05, 3.63) is 108 Å². The molecule has 0 radical (unpaired) electrons. The number of para-hydroxylation sites is 3. The van der Waals surface area contributed by atoms with Gasteiger partial charge in [-0.3, -0.25) is 9.59 Å². The highest BCUT2D eigenvalue weighted by atomic mass is 32.2. The molecule has 3 aromatic carbocycles. The van der Waals surface area contributed by atoms with Crippen LogP contribution in [-0.4, -0.2) is 61.2 Å². The van der Waals surface area contributed by atoms with E-state index in [0.717, 1.165) is 24.7 Å². The topological polar surface area (TPSA) is 126 Å². The third-order valence-electron chi connectivity index (χ3n) is 6.92. The molecule has 0 saturated heterocycles. The molecule has 0 unspecified atom stereocenters. The fourth-order valence-corrected chi connectivity index (χ4v) is 5.74. The summed E-state index contributed by atoms with van der Waals surface area (Å²) in [6.07, 6.45) is 5.40. The number of H-pyrrole nitrogens is 1. The highest BCUT2D eigenvalue weighted by Gasteiger charge is 2.22. The molecule has 3 N–H and O–H groups in total. The summed E-state index contributed by atoms with van der Waals surface area (Å²) >= 11 is 0. The lowest BCUT2D eigenvalue weighted by Gasteiger charge is -2.13. The van der Waals surface area contributed by atoms with Gasteiger partial charge < -0.3 is 20.4 Å². The minimum Gasteiger partial charge on any atom is -0.496 e. The van der Waals surface area contributed by atoms with Gasteiger partial charge in [-0.1, -0.05) is 48.5 Å². The SMILES string of the molecule is COc1ccccc1C(=O)NC(=Cc1cn(S(=O)(=O)N(C)C)c2ccccc12)C(=O)NCCc1c[nH]c2ccccc12. The lowest BCUT2D eigenvalue weighted by atomic mass is 10.1. The van der Waals surface area contributed by atoms with Crippen LogP contribution in [0.15, 0.2) is 90.9 Å². The van der Waals surface area contributed by atoms with Crippen molar-refractivity contribution in [2.75, 3.05) is 27.7 Å². The van der Waals surface area contributed by atoms with E-state index >= 15 is 0 Å². The quantitative estimate of drug-likeness (QED) is 0.214. The zero-order valence-corrected chi connectivity index (χ0v) is 24.2. The zero-order chi connectivity index (χ0) is 29.9. The molecule has 0 bridgehead atoms. The maximum atomic E-state index is 13.5. The van der Waals surface area contributed by atoms with Gasteiger partial charge in [-0.25, -0.2) is 3.97 Å². The summed E-state index contributed by atoms with van der Waals surface area (Å²) in [5.41, 5.74) is 3.13. The second kappa shape index (κ2) is 11.9. The van der Waals surface area contributed by atoms with Crippen LogP contribution in [0.5, 0.6) is 5.75 Å². The lowest BCUT2D eigenvalue weighted by Crippen LogP contribution is -2.35. The molecule has 0 aliphatic carbocycles. The van der Waals surface area contributed by atoms with Gasteiger partial charge in [0.05, 0.1) is 18.2 Å². The molecule has 11 heteroatoms. The number of ether oxygens (including phenoxy) is 1. The molecule has 2 heterocycles. The number of amides is 2. The van der Waals surface area contributed by atoms with E-state index in [1.165, 1.54) is 33.5 Å². The fourth-order valence-electron chi connectivity index (χ4n) is 4.74. The second-order valence-corrected chi connectivity index (χ2v) is 11.8. The smallest absolute Gasteiger partial charge is 0.307 e. The molecule has 0 aliphatic rings. The van der Waals surface area contributed by atoms with E-state index in [4.69, 9.17) is 4.74 Å². The number of benzene rings is 3. The normalized spacial score (nSPS) is 12.1. The Labute approximate surface area is 243 Å². The number of rotatable bonds is 10. The number of carbonyl (C=O) groups is 2. The molecule has 42 heavy (non-hydrogen) atoms. The Morgan fingerprint density at radius 2 is 1.67 bits per heavy atom. The van der Waals surface area contributed by atoms with Crippen LogP contribution in [0.25, 0.3) is 27.9 Å². The molecular formula is C31H31N5O5S. The molecule has 0 fully saturated rings. The number of aromatic nitrogens is 2. The molecule has 0 atom stereocenters. The predicted molar refractivity (Wildman–Crippen MR) is 163 cm³/mol. The van der Waals surface area contributed by atoms with Crippen molar-refractivity contribution in [2.24, 2.45) is 0 Å². The predicted octanol–water partition coefficient (Wildman–Crippen LogP) is 3.92. The Kier molecular flexibility index (Phi) is 8.14. The highest BCUT2D eigenvalue weighted by molar-refractivity contribution is 7.87. The average Bonchev–Trinajstić information content (AvgIpc) is 3.58. The molecular weight excluding hydrogens is 554 g/mol. The minimum absolute atomic E-state index is 0.0463. The summed E-state index contributed by atoms with van der Waals surface area (Å²) < 4.78 is 33.7. The van der Waals surface area contributed by atoms with Crippen LogP contribution in [0.2, 0.25) is 0 Å². The van der Waals surface area contributed by atoms with Gasteiger partial charge >= 0.3 is 10.2 Å². The van der Waals surface area contributed by atoms with E-state index in [-0.39, 0.29) is 11.3 Å². The third kappa shape index (κ3) is 5.65. The first-order valence-electron chi connectivity index (χ1n) is 13.2. The van der Waals surface area contributed by atoms with Crippen LogP contribution in [0.3, 0.4) is 0 Å². The molecule has 10 nitrogen and oxygen atoms in total. The zero-order valence-electron chi connectivity index (χ0n) is 23.4. The summed E-state index contributed by atoms with van der Waals surface area (Å²) in [7, 11) is 0.489. The van der Waals surface area contributed by atoms with E-state index in [0.29, 0.717) is 35.2 Å². The Balaban J connectivity index is 1.49. The minimum atomic E-state index is -3.86. The first-order valence-corrected chi connectivity index (χ1v) is 14.6. The van der Waals surface area contributed by atoms with E-state index in [9.17, 15) is 18.0 Å². The van der Waals surface area contributed by atoms with Gasteiger partial charge in [0.15, 0.2) is 0 Å². The molecule has 0 saturated carbocycles. The largest absolute Gasteiger partial charge is 0.496 e. The summed E-state index contributed by atoms with van der Waals surface area (Å²) in [5, 5.41) is 7.28. The van der Waals surface area contributed by atoms with Crippen LogP contribution in [-0.2, 0) is 21.4 Å². The van der Waals surface area contributed by atoms with Crippen LogP contribution >= 0.6 is 0 Å². The van der Waals surface area contributed by atoms with E-state index in [1.807, 2.05) is 30.5 Å². The summed E-state index contributed by atoms with van der Waals surface area (Å²) in [6.45, 7) is 0.305. The summed E-state index contributed by atoms with van der Waals surface area (Å²) in [4.78, 5) is 30.1. The maximum Gasteiger partial charge on any atom is 0.307 e.